The van der Waals surface area contributed by atoms with Crippen LogP contribution >= 0.6 is 0 Å². The molecule has 0 fully saturated rings. The van der Waals surface area contributed by atoms with Gasteiger partial charge in [-0.2, -0.15) is 0 Å². The van der Waals surface area contributed by atoms with Gasteiger partial charge >= 0.3 is 0 Å². The highest BCUT2D eigenvalue weighted by atomic mass is 16.5. The zero-order valence-electron chi connectivity index (χ0n) is 16.5. The minimum Gasteiger partial charge on any atom is -0.497 e. The first-order chi connectivity index (χ1) is 12.9. The fraction of sp³-hybridized carbons (Fsp3) is 0.364. The van der Waals surface area contributed by atoms with Crippen molar-refractivity contribution in [1.29, 1.82) is 0 Å². The van der Waals surface area contributed by atoms with E-state index in [9.17, 15) is 9.59 Å². The van der Waals surface area contributed by atoms with E-state index < -0.39 is 0 Å². The van der Waals surface area contributed by atoms with Crippen LogP contribution in [0.25, 0.3) is 0 Å². The number of rotatable bonds is 8. The Kier molecular flexibility index (Phi) is 7.41. The van der Waals surface area contributed by atoms with Crippen molar-refractivity contribution in [2.24, 2.45) is 0 Å². The molecule has 0 atom stereocenters. The molecule has 5 heteroatoms. The van der Waals surface area contributed by atoms with E-state index in [0.717, 1.165) is 34.5 Å². The van der Waals surface area contributed by atoms with Gasteiger partial charge in [0.2, 0.25) is 11.8 Å². The number of ether oxygens (including phenoxy) is 1. The van der Waals surface area contributed by atoms with Crippen LogP contribution in [-0.2, 0) is 16.0 Å². The second-order valence-electron chi connectivity index (χ2n) is 6.61. The maximum absolute atomic E-state index is 12.2. The van der Waals surface area contributed by atoms with Gasteiger partial charge in [-0.15, -0.1) is 0 Å². The summed E-state index contributed by atoms with van der Waals surface area (Å²) in [4.78, 5) is 26.0. The highest BCUT2D eigenvalue weighted by Crippen LogP contribution is 2.24. The number of hydrogen-bond acceptors (Lipinski definition) is 3. The van der Waals surface area contributed by atoms with E-state index in [2.05, 4.69) is 5.32 Å². The summed E-state index contributed by atoms with van der Waals surface area (Å²) in [5, 5.41) is 2.93. The number of aryl methyl sites for hydroxylation is 2. The standard InChI is InChI=1S/C22H28N2O3/c1-16-6-5-7-17(2)22(16)24(18(3)25)15-13-21(26)23-14-12-19-8-10-20(27-4)11-9-19/h5-11H,12-15H2,1-4H3,(H,23,26). The maximum Gasteiger partial charge on any atom is 0.223 e. The number of para-hydroxylation sites is 1. The fourth-order valence-electron chi connectivity index (χ4n) is 3.10. The SMILES string of the molecule is COc1ccc(CCNC(=O)CCN(C(C)=O)c2c(C)cccc2C)cc1. The van der Waals surface area contributed by atoms with Crippen LogP contribution in [0.1, 0.15) is 30.0 Å². The van der Waals surface area contributed by atoms with Crippen molar-refractivity contribution in [1.82, 2.24) is 5.32 Å². The van der Waals surface area contributed by atoms with E-state index in [1.54, 1.807) is 12.0 Å². The lowest BCUT2D eigenvalue weighted by Gasteiger charge is -2.25. The molecular weight excluding hydrogens is 340 g/mol. The summed E-state index contributed by atoms with van der Waals surface area (Å²) >= 11 is 0. The lowest BCUT2D eigenvalue weighted by atomic mass is 10.1. The molecule has 0 radical (unpaired) electrons. The highest BCUT2D eigenvalue weighted by Gasteiger charge is 2.17. The summed E-state index contributed by atoms with van der Waals surface area (Å²) in [6.45, 7) is 6.43. The minimum absolute atomic E-state index is 0.0546. The molecule has 5 nitrogen and oxygen atoms in total. The van der Waals surface area contributed by atoms with Crippen molar-refractivity contribution >= 4 is 17.5 Å². The van der Waals surface area contributed by atoms with Gasteiger partial charge in [-0.25, -0.2) is 0 Å². The monoisotopic (exact) mass is 368 g/mol. The van der Waals surface area contributed by atoms with Crippen LogP contribution in [0.15, 0.2) is 42.5 Å². The highest BCUT2D eigenvalue weighted by molar-refractivity contribution is 5.94. The third-order valence-electron chi connectivity index (χ3n) is 4.55. The predicted octanol–water partition coefficient (Wildman–Crippen LogP) is 3.41. The van der Waals surface area contributed by atoms with Crippen LogP contribution in [0.5, 0.6) is 5.75 Å². The molecule has 0 spiro atoms. The van der Waals surface area contributed by atoms with E-state index in [0.29, 0.717) is 13.1 Å². The van der Waals surface area contributed by atoms with Crippen LogP contribution in [0.2, 0.25) is 0 Å². The first-order valence-electron chi connectivity index (χ1n) is 9.16. The lowest BCUT2D eigenvalue weighted by molar-refractivity contribution is -0.121. The summed E-state index contributed by atoms with van der Waals surface area (Å²) in [6, 6.07) is 13.7. The molecule has 0 aliphatic carbocycles. The fourth-order valence-corrected chi connectivity index (χ4v) is 3.10. The average molecular weight is 368 g/mol. The summed E-state index contributed by atoms with van der Waals surface area (Å²) in [7, 11) is 1.64. The molecule has 27 heavy (non-hydrogen) atoms. The summed E-state index contributed by atoms with van der Waals surface area (Å²) in [6.07, 6.45) is 1.03. The first kappa shape index (κ1) is 20.5. The maximum atomic E-state index is 12.2. The van der Waals surface area contributed by atoms with E-state index in [4.69, 9.17) is 4.74 Å². The number of carbonyl (C=O) groups is 2. The van der Waals surface area contributed by atoms with Gasteiger partial charge in [0.15, 0.2) is 0 Å². The Labute approximate surface area is 161 Å². The average Bonchev–Trinajstić information content (AvgIpc) is 2.64. The molecule has 0 heterocycles. The number of amides is 2. The molecule has 0 bridgehead atoms. The normalized spacial score (nSPS) is 10.4. The van der Waals surface area contributed by atoms with Gasteiger partial charge in [0.05, 0.1) is 7.11 Å². The van der Waals surface area contributed by atoms with E-state index in [1.807, 2.05) is 56.3 Å². The largest absolute Gasteiger partial charge is 0.497 e. The molecule has 0 saturated heterocycles. The Balaban J connectivity index is 1.86. The molecule has 144 valence electrons. The van der Waals surface area contributed by atoms with Crippen LogP contribution in [0.4, 0.5) is 5.69 Å². The summed E-state index contributed by atoms with van der Waals surface area (Å²) in [5.41, 5.74) is 4.10. The molecule has 2 rings (SSSR count). The van der Waals surface area contributed by atoms with Crippen molar-refractivity contribution in [2.75, 3.05) is 25.1 Å². The van der Waals surface area contributed by atoms with E-state index in [1.165, 1.54) is 6.92 Å². The van der Waals surface area contributed by atoms with Gasteiger partial charge < -0.3 is 15.0 Å². The third kappa shape index (κ3) is 5.84. The van der Waals surface area contributed by atoms with Crippen molar-refractivity contribution in [2.45, 2.75) is 33.6 Å². The number of methoxy groups -OCH3 is 1. The molecule has 2 aromatic rings. The number of nitrogens with one attached hydrogen (secondary N) is 1. The van der Waals surface area contributed by atoms with Gasteiger partial charge in [-0.3, -0.25) is 9.59 Å². The number of benzene rings is 2. The second-order valence-corrected chi connectivity index (χ2v) is 6.61. The zero-order valence-corrected chi connectivity index (χ0v) is 16.5. The first-order valence-corrected chi connectivity index (χ1v) is 9.16. The Hall–Kier alpha value is -2.82. The summed E-state index contributed by atoms with van der Waals surface area (Å²) < 4.78 is 5.14. The molecule has 2 aromatic carbocycles. The molecule has 2 amide bonds. The second kappa shape index (κ2) is 9.76. The Morgan fingerprint density at radius 2 is 1.67 bits per heavy atom. The number of nitrogens with zero attached hydrogens (tertiary/aromatic N) is 1. The molecule has 0 aliphatic rings. The molecule has 0 saturated carbocycles. The van der Waals surface area contributed by atoms with Crippen molar-refractivity contribution < 1.29 is 14.3 Å². The Morgan fingerprint density at radius 3 is 2.22 bits per heavy atom. The van der Waals surface area contributed by atoms with E-state index >= 15 is 0 Å². The van der Waals surface area contributed by atoms with Crippen LogP contribution < -0.4 is 15.0 Å². The van der Waals surface area contributed by atoms with Crippen molar-refractivity contribution in [3.05, 3.63) is 59.2 Å². The smallest absolute Gasteiger partial charge is 0.223 e. The van der Waals surface area contributed by atoms with Crippen molar-refractivity contribution in [3.8, 4) is 5.75 Å². The third-order valence-corrected chi connectivity index (χ3v) is 4.55. The Morgan fingerprint density at radius 1 is 1.04 bits per heavy atom. The topological polar surface area (TPSA) is 58.6 Å². The molecule has 1 N–H and O–H groups in total. The van der Waals surface area contributed by atoms with Crippen LogP contribution in [0, 0.1) is 13.8 Å². The zero-order chi connectivity index (χ0) is 19.8. The summed E-state index contributed by atoms with van der Waals surface area (Å²) in [5.74, 6) is 0.707. The van der Waals surface area contributed by atoms with Gasteiger partial charge in [0.25, 0.3) is 0 Å². The molecule has 0 unspecified atom stereocenters. The van der Waals surface area contributed by atoms with Gasteiger partial charge in [0, 0.05) is 32.1 Å². The van der Waals surface area contributed by atoms with Gasteiger partial charge in [-0.1, -0.05) is 30.3 Å². The van der Waals surface area contributed by atoms with Crippen molar-refractivity contribution in [3.63, 3.8) is 0 Å². The Bertz CT molecular complexity index is 764. The lowest BCUT2D eigenvalue weighted by Crippen LogP contribution is -2.35. The van der Waals surface area contributed by atoms with Gasteiger partial charge in [0.1, 0.15) is 5.75 Å². The van der Waals surface area contributed by atoms with Crippen LogP contribution in [0.3, 0.4) is 0 Å². The molecule has 0 aliphatic heterocycles. The predicted molar refractivity (Wildman–Crippen MR) is 108 cm³/mol. The number of hydrogen-bond donors (Lipinski definition) is 1. The molecule has 0 aromatic heterocycles. The van der Waals surface area contributed by atoms with Crippen LogP contribution in [-0.4, -0.2) is 32.0 Å². The number of carbonyl (C=O) groups excluding carboxylic acids is 2. The number of anilines is 1. The quantitative estimate of drug-likeness (QED) is 0.777. The van der Waals surface area contributed by atoms with E-state index in [-0.39, 0.29) is 18.2 Å². The molecular formula is C22H28N2O3. The van der Waals surface area contributed by atoms with Gasteiger partial charge in [-0.05, 0) is 49.1 Å². The minimum atomic E-state index is -0.0570.